The van der Waals surface area contributed by atoms with Gasteiger partial charge < -0.3 is 4.90 Å². The number of sulfonamides is 1. The maximum Gasteiger partial charge on any atom is 0.240 e. The molecular formula is C37H44N2O2S. The third-order valence-electron chi connectivity index (χ3n) is 8.99. The van der Waals surface area contributed by atoms with E-state index >= 15 is 0 Å². The van der Waals surface area contributed by atoms with Crippen molar-refractivity contribution in [3.8, 4) is 0 Å². The van der Waals surface area contributed by atoms with Gasteiger partial charge in [0.15, 0.2) is 0 Å². The Bertz CT molecular complexity index is 1430. The SMILES string of the molecule is Cc1ccc(S(=O)(=O)NCCCC(CCCN2CCC(c3ccccc3)CC2)(c2ccccc2)c2ccccc2)cc1. The van der Waals surface area contributed by atoms with E-state index in [1.165, 1.54) is 29.5 Å². The fourth-order valence-electron chi connectivity index (χ4n) is 6.60. The molecule has 5 heteroatoms. The predicted octanol–water partition coefficient (Wildman–Crippen LogP) is 7.70. The fourth-order valence-corrected chi connectivity index (χ4v) is 7.67. The molecule has 1 aliphatic heterocycles. The van der Waals surface area contributed by atoms with E-state index < -0.39 is 10.0 Å². The van der Waals surface area contributed by atoms with Crippen LogP contribution in [0.4, 0.5) is 0 Å². The number of rotatable bonds is 13. The van der Waals surface area contributed by atoms with Crippen molar-refractivity contribution in [1.82, 2.24) is 9.62 Å². The smallest absolute Gasteiger partial charge is 0.240 e. The van der Waals surface area contributed by atoms with E-state index in [1.807, 2.05) is 19.1 Å². The van der Waals surface area contributed by atoms with E-state index in [4.69, 9.17) is 0 Å². The number of piperidine rings is 1. The minimum atomic E-state index is -3.54. The second kappa shape index (κ2) is 14.3. The van der Waals surface area contributed by atoms with Crippen molar-refractivity contribution in [3.63, 3.8) is 0 Å². The molecule has 1 N–H and O–H groups in total. The quantitative estimate of drug-likeness (QED) is 0.165. The fraction of sp³-hybridized carbons (Fsp3) is 0.351. The van der Waals surface area contributed by atoms with E-state index in [0.29, 0.717) is 17.4 Å². The monoisotopic (exact) mass is 580 g/mol. The van der Waals surface area contributed by atoms with Gasteiger partial charge in [-0.1, -0.05) is 109 Å². The van der Waals surface area contributed by atoms with Gasteiger partial charge in [-0.2, -0.15) is 0 Å². The molecule has 220 valence electrons. The van der Waals surface area contributed by atoms with Gasteiger partial charge in [-0.3, -0.25) is 0 Å². The number of benzene rings is 4. The summed E-state index contributed by atoms with van der Waals surface area (Å²) < 4.78 is 28.8. The van der Waals surface area contributed by atoms with Crippen molar-refractivity contribution in [2.45, 2.75) is 61.7 Å². The molecule has 1 fully saturated rings. The molecule has 0 amide bonds. The number of likely N-dealkylation sites (tertiary alicyclic amines) is 1. The van der Waals surface area contributed by atoms with E-state index in [0.717, 1.165) is 50.9 Å². The normalized spacial score (nSPS) is 15.1. The molecule has 1 aliphatic rings. The molecule has 0 spiro atoms. The van der Waals surface area contributed by atoms with Gasteiger partial charge in [-0.15, -0.1) is 0 Å². The first kappa shape index (κ1) is 30.2. The van der Waals surface area contributed by atoms with Gasteiger partial charge in [0.1, 0.15) is 0 Å². The second-order valence-electron chi connectivity index (χ2n) is 11.8. The Balaban J connectivity index is 1.26. The van der Waals surface area contributed by atoms with E-state index in [1.54, 1.807) is 12.1 Å². The Labute approximate surface area is 252 Å². The zero-order chi connectivity index (χ0) is 29.3. The first-order chi connectivity index (χ1) is 20.5. The average Bonchev–Trinajstić information content (AvgIpc) is 3.04. The van der Waals surface area contributed by atoms with Crippen LogP contribution >= 0.6 is 0 Å². The summed E-state index contributed by atoms with van der Waals surface area (Å²) >= 11 is 0. The molecule has 0 aliphatic carbocycles. The van der Waals surface area contributed by atoms with Crippen molar-refractivity contribution < 1.29 is 8.42 Å². The van der Waals surface area contributed by atoms with Gasteiger partial charge in [0, 0.05) is 12.0 Å². The Hall–Kier alpha value is -3.25. The summed E-state index contributed by atoms with van der Waals surface area (Å²) in [5.74, 6) is 0.666. The maximum atomic E-state index is 13.0. The van der Waals surface area contributed by atoms with E-state index in [-0.39, 0.29) is 5.41 Å². The third kappa shape index (κ3) is 7.57. The summed E-state index contributed by atoms with van der Waals surface area (Å²) in [5.41, 5.74) is 4.95. The average molecular weight is 581 g/mol. The standard InChI is InChI=1S/C37H44N2O2S/c1-31-19-21-36(22-20-31)42(40,41)38-27-11-25-37(34-15-7-3-8-16-34,35-17-9-4-10-18-35)26-12-28-39-29-23-33(24-30-39)32-13-5-2-6-14-32/h2-10,13-22,33,38H,11-12,23-30H2,1H3. The number of nitrogens with zero attached hydrogens (tertiary/aromatic N) is 1. The van der Waals surface area contributed by atoms with Gasteiger partial charge in [0.05, 0.1) is 4.90 Å². The molecule has 4 aromatic carbocycles. The van der Waals surface area contributed by atoms with E-state index in [2.05, 4.69) is 101 Å². The van der Waals surface area contributed by atoms with Gasteiger partial charge in [-0.05, 0) is 99.8 Å². The first-order valence-electron chi connectivity index (χ1n) is 15.4. The largest absolute Gasteiger partial charge is 0.303 e. The van der Waals surface area contributed by atoms with Crippen LogP contribution in [0.3, 0.4) is 0 Å². The molecule has 0 radical (unpaired) electrons. The van der Waals surface area contributed by atoms with Crippen molar-refractivity contribution in [2.24, 2.45) is 0 Å². The van der Waals surface area contributed by atoms with Crippen molar-refractivity contribution in [3.05, 3.63) is 138 Å². The minimum Gasteiger partial charge on any atom is -0.303 e. The molecule has 0 atom stereocenters. The number of aryl methyl sites for hydroxylation is 1. The van der Waals surface area contributed by atoms with Crippen LogP contribution in [-0.4, -0.2) is 39.5 Å². The zero-order valence-electron chi connectivity index (χ0n) is 24.8. The highest BCUT2D eigenvalue weighted by molar-refractivity contribution is 7.89. The second-order valence-corrected chi connectivity index (χ2v) is 13.5. The summed E-state index contributed by atoms with van der Waals surface area (Å²) in [6.45, 7) is 5.74. The Morgan fingerprint density at radius 1 is 0.714 bits per heavy atom. The van der Waals surface area contributed by atoms with Gasteiger partial charge in [-0.25, -0.2) is 13.1 Å². The van der Waals surface area contributed by atoms with Crippen LogP contribution in [0.5, 0.6) is 0 Å². The molecule has 0 bridgehead atoms. The van der Waals surface area contributed by atoms with Crippen LogP contribution in [0.15, 0.2) is 120 Å². The van der Waals surface area contributed by atoms with E-state index in [9.17, 15) is 8.42 Å². The number of hydrogen-bond acceptors (Lipinski definition) is 3. The Kier molecular flexibility index (Phi) is 10.3. The summed E-state index contributed by atoms with van der Waals surface area (Å²) in [7, 11) is -3.54. The van der Waals surface area contributed by atoms with Gasteiger partial charge >= 0.3 is 0 Å². The highest BCUT2D eigenvalue weighted by Crippen LogP contribution is 2.41. The molecule has 4 nitrogen and oxygen atoms in total. The predicted molar refractivity (Wildman–Crippen MR) is 173 cm³/mol. The van der Waals surface area contributed by atoms with Crippen LogP contribution in [-0.2, 0) is 15.4 Å². The molecular weight excluding hydrogens is 536 g/mol. The molecule has 1 heterocycles. The summed E-state index contributed by atoms with van der Waals surface area (Å²) in [4.78, 5) is 2.96. The molecule has 42 heavy (non-hydrogen) atoms. The lowest BCUT2D eigenvalue weighted by molar-refractivity contribution is 0.203. The number of nitrogens with one attached hydrogen (secondary N) is 1. The minimum absolute atomic E-state index is 0.180. The highest BCUT2D eigenvalue weighted by atomic mass is 32.2. The van der Waals surface area contributed by atoms with Crippen LogP contribution < -0.4 is 4.72 Å². The van der Waals surface area contributed by atoms with Crippen LogP contribution in [0, 0.1) is 6.92 Å². The lowest BCUT2D eigenvalue weighted by atomic mass is 9.68. The topological polar surface area (TPSA) is 49.4 Å². The van der Waals surface area contributed by atoms with Crippen molar-refractivity contribution >= 4 is 10.0 Å². The molecule has 0 saturated carbocycles. The highest BCUT2D eigenvalue weighted by Gasteiger charge is 2.34. The molecule has 5 rings (SSSR count). The molecule has 4 aromatic rings. The summed E-state index contributed by atoms with van der Waals surface area (Å²) in [6, 6.07) is 39.6. The maximum absolute atomic E-state index is 13.0. The zero-order valence-corrected chi connectivity index (χ0v) is 25.6. The lowest BCUT2D eigenvalue weighted by Gasteiger charge is -2.37. The van der Waals surface area contributed by atoms with Gasteiger partial charge in [0.2, 0.25) is 10.0 Å². The number of hydrogen-bond donors (Lipinski definition) is 1. The van der Waals surface area contributed by atoms with Crippen molar-refractivity contribution in [1.29, 1.82) is 0 Å². The molecule has 0 aromatic heterocycles. The van der Waals surface area contributed by atoms with Crippen LogP contribution in [0.1, 0.15) is 66.7 Å². The summed E-state index contributed by atoms with van der Waals surface area (Å²) in [6.07, 6.45) is 6.16. The van der Waals surface area contributed by atoms with Crippen LogP contribution in [0.25, 0.3) is 0 Å². The Morgan fingerprint density at radius 2 is 1.24 bits per heavy atom. The first-order valence-corrected chi connectivity index (χ1v) is 16.9. The van der Waals surface area contributed by atoms with Crippen LogP contribution in [0.2, 0.25) is 0 Å². The lowest BCUT2D eigenvalue weighted by Crippen LogP contribution is -2.35. The molecule has 1 saturated heterocycles. The summed E-state index contributed by atoms with van der Waals surface area (Å²) in [5, 5.41) is 0. The molecule has 0 unspecified atom stereocenters. The Morgan fingerprint density at radius 3 is 1.81 bits per heavy atom. The van der Waals surface area contributed by atoms with Crippen molar-refractivity contribution in [2.75, 3.05) is 26.2 Å². The third-order valence-corrected chi connectivity index (χ3v) is 10.5. The van der Waals surface area contributed by atoms with Gasteiger partial charge in [0.25, 0.3) is 0 Å².